The summed E-state index contributed by atoms with van der Waals surface area (Å²) in [5.41, 5.74) is -0.828. The van der Waals surface area contributed by atoms with E-state index in [1.165, 1.54) is 13.8 Å². The van der Waals surface area contributed by atoms with Gasteiger partial charge in [-0.25, -0.2) is 9.59 Å². The van der Waals surface area contributed by atoms with Gasteiger partial charge in [0.2, 0.25) is 0 Å². The molecular weight excluding hydrogens is 404 g/mol. The number of rotatable bonds is 5. The van der Waals surface area contributed by atoms with E-state index in [1.807, 2.05) is 6.92 Å². The van der Waals surface area contributed by atoms with Crippen molar-refractivity contribution in [2.45, 2.75) is 71.4 Å². The molecule has 1 fully saturated rings. The Balaban J connectivity index is 2.66. The van der Waals surface area contributed by atoms with Crippen LogP contribution >= 0.6 is 0 Å². The summed E-state index contributed by atoms with van der Waals surface area (Å²) in [6, 6.07) is 0. The zero-order valence-corrected chi connectivity index (χ0v) is 18.5. The van der Waals surface area contributed by atoms with Crippen LogP contribution in [0.25, 0.3) is 0 Å². The van der Waals surface area contributed by atoms with Gasteiger partial charge in [0, 0.05) is 11.1 Å². The number of hydrogen-bond acceptors (Lipinski definition) is 8. The predicted octanol–water partition coefficient (Wildman–Crippen LogP) is 2.20. The van der Waals surface area contributed by atoms with Gasteiger partial charge in [-0.2, -0.15) is 0 Å². The molecule has 0 bridgehead atoms. The summed E-state index contributed by atoms with van der Waals surface area (Å²) in [5, 5.41) is 10.1. The van der Waals surface area contributed by atoms with Gasteiger partial charge in [-0.3, -0.25) is 9.59 Å². The number of aliphatic hydroxyl groups is 1. The van der Waals surface area contributed by atoms with Gasteiger partial charge < -0.3 is 19.3 Å². The molecule has 0 radical (unpaired) electrons. The second-order valence-corrected chi connectivity index (χ2v) is 8.74. The van der Waals surface area contributed by atoms with Crippen LogP contribution in [0.3, 0.4) is 0 Å². The molecule has 0 amide bonds. The topological polar surface area (TPSA) is 116 Å². The number of hydrogen-bond donors (Lipinski definition) is 1. The van der Waals surface area contributed by atoms with Gasteiger partial charge in [-0.05, 0) is 39.7 Å². The molecule has 1 aliphatic heterocycles. The number of allylic oxidation sites excluding steroid dienone is 2. The van der Waals surface area contributed by atoms with Crippen LogP contribution in [0.2, 0.25) is 0 Å². The molecule has 170 valence electrons. The van der Waals surface area contributed by atoms with Crippen LogP contribution < -0.4 is 0 Å². The van der Waals surface area contributed by atoms with Crippen LogP contribution in [-0.2, 0) is 33.4 Å². The summed E-state index contributed by atoms with van der Waals surface area (Å²) in [6.45, 7) is 11.4. The minimum atomic E-state index is -1.86. The standard InChI is InChI=1S/C23H30O8/c1-12(2)20(25)30-18-15(11-24)9-7-8-13(3)10-16-17(14(4)21(26)29-16)19(18)31-22(27)23(5,6)28/h9-12,16-19,28H,4,7-8H2,1-3,5-6H3/b13-10+,15-9+. The van der Waals surface area contributed by atoms with E-state index in [-0.39, 0.29) is 11.1 Å². The Hall–Kier alpha value is -2.74. The van der Waals surface area contributed by atoms with Gasteiger partial charge in [0.25, 0.3) is 0 Å². The fourth-order valence-corrected chi connectivity index (χ4v) is 3.37. The molecule has 31 heavy (non-hydrogen) atoms. The molecule has 0 spiro atoms. The lowest BCUT2D eigenvalue weighted by Gasteiger charge is -2.34. The van der Waals surface area contributed by atoms with Gasteiger partial charge >= 0.3 is 17.9 Å². The Morgan fingerprint density at radius 2 is 1.97 bits per heavy atom. The second-order valence-electron chi connectivity index (χ2n) is 8.74. The van der Waals surface area contributed by atoms with Crippen LogP contribution in [0.1, 0.15) is 47.5 Å². The molecule has 1 aliphatic carbocycles. The molecule has 4 unspecified atom stereocenters. The van der Waals surface area contributed by atoms with Crippen molar-refractivity contribution in [3.63, 3.8) is 0 Å². The maximum atomic E-state index is 12.6. The second kappa shape index (κ2) is 9.60. The minimum absolute atomic E-state index is 0.0269. The molecule has 0 aromatic carbocycles. The summed E-state index contributed by atoms with van der Waals surface area (Å²) in [5.74, 6) is -3.72. The summed E-state index contributed by atoms with van der Waals surface area (Å²) in [7, 11) is 0. The van der Waals surface area contributed by atoms with Crippen molar-refractivity contribution in [1.29, 1.82) is 0 Å². The highest BCUT2D eigenvalue weighted by Crippen LogP contribution is 2.37. The molecular formula is C23H30O8. The monoisotopic (exact) mass is 434 g/mol. The minimum Gasteiger partial charge on any atom is -0.455 e. The van der Waals surface area contributed by atoms with E-state index in [0.717, 1.165) is 5.57 Å². The quantitative estimate of drug-likeness (QED) is 0.230. The highest BCUT2D eigenvalue weighted by molar-refractivity contribution is 5.91. The number of carbonyl (C=O) groups excluding carboxylic acids is 4. The first-order valence-corrected chi connectivity index (χ1v) is 10.2. The average Bonchev–Trinajstić information content (AvgIpc) is 2.93. The van der Waals surface area contributed by atoms with E-state index >= 15 is 0 Å². The Labute approximate surface area is 181 Å². The number of carbonyl (C=O) groups is 4. The molecule has 0 saturated carbocycles. The van der Waals surface area contributed by atoms with E-state index in [1.54, 1.807) is 26.0 Å². The maximum absolute atomic E-state index is 12.6. The van der Waals surface area contributed by atoms with Gasteiger partial charge in [0.1, 0.15) is 12.4 Å². The number of aldehydes is 1. The Morgan fingerprint density at radius 3 is 2.52 bits per heavy atom. The zero-order chi connectivity index (χ0) is 23.5. The van der Waals surface area contributed by atoms with Gasteiger partial charge in [0.15, 0.2) is 17.8 Å². The molecule has 2 aliphatic rings. The molecule has 1 saturated heterocycles. The molecule has 0 aromatic rings. The first-order chi connectivity index (χ1) is 14.4. The molecule has 1 N–H and O–H groups in total. The first-order valence-electron chi connectivity index (χ1n) is 10.2. The first kappa shape index (κ1) is 24.5. The smallest absolute Gasteiger partial charge is 0.337 e. The Bertz CT molecular complexity index is 827. The lowest BCUT2D eigenvalue weighted by atomic mass is 9.83. The maximum Gasteiger partial charge on any atom is 0.337 e. The third-order valence-corrected chi connectivity index (χ3v) is 5.20. The van der Waals surface area contributed by atoms with Crippen molar-refractivity contribution in [2.75, 3.05) is 0 Å². The highest BCUT2D eigenvalue weighted by Gasteiger charge is 2.50. The summed E-state index contributed by atoms with van der Waals surface area (Å²) in [6.07, 6.45) is 1.51. The van der Waals surface area contributed by atoms with Gasteiger partial charge in [-0.15, -0.1) is 0 Å². The Kier molecular flexibility index (Phi) is 7.59. The summed E-state index contributed by atoms with van der Waals surface area (Å²) >= 11 is 0. The molecule has 0 aromatic heterocycles. The number of ether oxygens (including phenoxy) is 3. The number of fused-ring (bicyclic) bond motifs is 1. The summed E-state index contributed by atoms with van der Waals surface area (Å²) in [4.78, 5) is 49.3. The van der Waals surface area contributed by atoms with E-state index in [0.29, 0.717) is 19.1 Å². The molecule has 8 nitrogen and oxygen atoms in total. The lowest BCUT2D eigenvalue weighted by molar-refractivity contribution is -0.183. The van der Waals surface area contributed by atoms with Crippen molar-refractivity contribution in [3.8, 4) is 0 Å². The van der Waals surface area contributed by atoms with E-state index in [2.05, 4.69) is 6.58 Å². The van der Waals surface area contributed by atoms with Crippen LogP contribution in [0.15, 0.2) is 35.5 Å². The SMILES string of the molecule is C=C1C(=O)OC2/C=C(\C)CC/C=C(\C=O)C(OC(=O)C(C)C)C(OC(=O)C(C)(C)O)C12. The van der Waals surface area contributed by atoms with Crippen LogP contribution in [-0.4, -0.2) is 53.2 Å². The molecule has 2 rings (SSSR count). The van der Waals surface area contributed by atoms with Crippen molar-refractivity contribution < 1.29 is 38.5 Å². The predicted molar refractivity (Wildman–Crippen MR) is 111 cm³/mol. The fraction of sp³-hybridized carbons (Fsp3) is 0.565. The van der Waals surface area contributed by atoms with Crippen LogP contribution in [0, 0.1) is 11.8 Å². The van der Waals surface area contributed by atoms with Crippen molar-refractivity contribution in [3.05, 3.63) is 35.5 Å². The van der Waals surface area contributed by atoms with E-state index in [9.17, 15) is 24.3 Å². The fourth-order valence-electron chi connectivity index (χ4n) is 3.37. The molecule has 1 heterocycles. The van der Waals surface area contributed by atoms with Crippen molar-refractivity contribution >= 4 is 24.2 Å². The van der Waals surface area contributed by atoms with E-state index in [4.69, 9.17) is 14.2 Å². The zero-order valence-electron chi connectivity index (χ0n) is 18.5. The summed E-state index contributed by atoms with van der Waals surface area (Å²) < 4.78 is 16.6. The highest BCUT2D eigenvalue weighted by atomic mass is 16.6. The van der Waals surface area contributed by atoms with Gasteiger partial charge in [-0.1, -0.05) is 32.1 Å². The van der Waals surface area contributed by atoms with Crippen molar-refractivity contribution in [1.82, 2.24) is 0 Å². The normalized spacial score (nSPS) is 30.3. The molecule has 4 atom stereocenters. The van der Waals surface area contributed by atoms with E-state index < -0.39 is 53.7 Å². The Morgan fingerprint density at radius 1 is 1.32 bits per heavy atom. The van der Waals surface area contributed by atoms with Crippen molar-refractivity contribution in [2.24, 2.45) is 11.8 Å². The van der Waals surface area contributed by atoms with Crippen LogP contribution in [0.4, 0.5) is 0 Å². The third-order valence-electron chi connectivity index (χ3n) is 5.20. The number of esters is 3. The molecule has 8 heteroatoms. The average molecular weight is 434 g/mol. The third kappa shape index (κ3) is 5.70. The van der Waals surface area contributed by atoms with Crippen LogP contribution in [0.5, 0.6) is 0 Å². The lowest BCUT2D eigenvalue weighted by Crippen LogP contribution is -2.48. The largest absolute Gasteiger partial charge is 0.455 e. The van der Waals surface area contributed by atoms with Gasteiger partial charge in [0.05, 0.1) is 11.8 Å².